The molecule has 0 saturated carbocycles. The third kappa shape index (κ3) is 1.64. The van der Waals surface area contributed by atoms with Crippen LogP contribution in [0.4, 0.5) is 5.88 Å². The third-order valence-electron chi connectivity index (χ3n) is 2.36. The van der Waals surface area contributed by atoms with Crippen LogP contribution < -0.4 is 5.73 Å². The summed E-state index contributed by atoms with van der Waals surface area (Å²) >= 11 is 7.49. The van der Waals surface area contributed by atoms with Crippen molar-refractivity contribution < 1.29 is 8.94 Å². The Morgan fingerprint density at radius 3 is 2.88 bits per heavy atom. The number of rotatable bonds is 2. The molecule has 3 rings (SSSR count). The largest absolute Gasteiger partial charge is 0.452 e. The average molecular weight is 267 g/mol. The summed E-state index contributed by atoms with van der Waals surface area (Å²) in [5.74, 6) is 0.278. The highest BCUT2D eigenvalue weighted by Crippen LogP contribution is 2.40. The summed E-state index contributed by atoms with van der Waals surface area (Å²) in [5, 5.41) is 6.17. The molecule has 0 unspecified atom stereocenters. The first-order valence-corrected chi connectivity index (χ1v) is 6.05. The van der Waals surface area contributed by atoms with Crippen molar-refractivity contribution >= 4 is 28.8 Å². The summed E-state index contributed by atoms with van der Waals surface area (Å²) in [4.78, 5) is 0.982. The molecule has 0 spiro atoms. The molecule has 0 saturated heterocycles. The molecule has 0 aliphatic heterocycles. The number of hydrogen-bond donors (Lipinski definition) is 1. The number of anilines is 1. The minimum atomic E-state index is 0.274. The zero-order chi connectivity index (χ0) is 11.8. The summed E-state index contributed by atoms with van der Waals surface area (Å²) in [7, 11) is 0. The molecule has 0 radical (unpaired) electrons. The molecule has 3 heterocycles. The Bertz CT molecular complexity index is 642. The Balaban J connectivity index is 2.23. The molecule has 0 bridgehead atoms. The van der Waals surface area contributed by atoms with Gasteiger partial charge in [-0.1, -0.05) is 11.2 Å². The Kier molecular flexibility index (Phi) is 2.42. The number of nitrogen functional groups attached to an aromatic ring is 1. The van der Waals surface area contributed by atoms with Crippen molar-refractivity contribution in [3.8, 4) is 21.7 Å². The van der Waals surface area contributed by atoms with Gasteiger partial charge in [-0.05, 0) is 29.1 Å². The molecule has 86 valence electrons. The molecule has 17 heavy (non-hydrogen) atoms. The Hall–Kier alpha value is -1.72. The Morgan fingerprint density at radius 1 is 1.35 bits per heavy atom. The minimum absolute atomic E-state index is 0.274. The molecule has 0 aliphatic rings. The van der Waals surface area contributed by atoms with Crippen molar-refractivity contribution in [1.82, 2.24) is 5.16 Å². The van der Waals surface area contributed by atoms with Gasteiger partial charge in [-0.3, -0.25) is 0 Å². The molecule has 0 atom stereocenters. The van der Waals surface area contributed by atoms with E-state index in [0.29, 0.717) is 11.3 Å². The van der Waals surface area contributed by atoms with Crippen LogP contribution in [0.3, 0.4) is 0 Å². The lowest BCUT2D eigenvalue weighted by atomic mass is 10.1. The summed E-state index contributed by atoms with van der Waals surface area (Å²) in [6.45, 7) is 0. The number of nitrogens with two attached hydrogens (primary N) is 1. The standard InChI is InChI=1S/C11H7ClN2O2S/c12-10-6(3-4-15-10)9-8(11(13)16-14-9)7-2-1-5-17-7/h1-5H,13H2. The van der Waals surface area contributed by atoms with E-state index in [1.165, 1.54) is 6.26 Å². The second kappa shape index (κ2) is 3.94. The van der Waals surface area contributed by atoms with E-state index in [1.807, 2.05) is 17.5 Å². The van der Waals surface area contributed by atoms with Crippen LogP contribution in [0.1, 0.15) is 0 Å². The molecular weight excluding hydrogens is 260 g/mol. The highest BCUT2D eigenvalue weighted by atomic mass is 35.5. The van der Waals surface area contributed by atoms with Crippen LogP contribution in [-0.4, -0.2) is 5.16 Å². The fourth-order valence-electron chi connectivity index (χ4n) is 1.61. The second-order valence-electron chi connectivity index (χ2n) is 3.36. The third-order valence-corrected chi connectivity index (χ3v) is 3.54. The van der Waals surface area contributed by atoms with Crippen molar-refractivity contribution in [2.45, 2.75) is 0 Å². The van der Waals surface area contributed by atoms with Crippen LogP contribution >= 0.6 is 22.9 Å². The predicted octanol–water partition coefficient (Wildman–Crippen LogP) is 3.90. The molecule has 0 aromatic carbocycles. The minimum Gasteiger partial charge on any atom is -0.452 e. The van der Waals surface area contributed by atoms with Crippen molar-refractivity contribution in [3.05, 3.63) is 35.1 Å². The van der Waals surface area contributed by atoms with Gasteiger partial charge in [0.05, 0.1) is 17.4 Å². The number of hydrogen-bond acceptors (Lipinski definition) is 5. The quantitative estimate of drug-likeness (QED) is 0.764. The van der Waals surface area contributed by atoms with Crippen LogP contribution in [0.25, 0.3) is 21.7 Å². The first-order chi connectivity index (χ1) is 8.27. The molecular formula is C11H7ClN2O2S. The number of halogens is 1. The zero-order valence-corrected chi connectivity index (χ0v) is 10.1. The molecule has 0 aliphatic carbocycles. The van der Waals surface area contributed by atoms with E-state index in [0.717, 1.165) is 10.4 Å². The Labute approximate surface area is 106 Å². The second-order valence-corrected chi connectivity index (χ2v) is 4.65. The monoisotopic (exact) mass is 266 g/mol. The molecule has 2 N–H and O–H groups in total. The fraction of sp³-hybridized carbons (Fsp3) is 0. The van der Waals surface area contributed by atoms with Crippen LogP contribution in [0.2, 0.25) is 5.22 Å². The van der Waals surface area contributed by atoms with E-state index in [-0.39, 0.29) is 11.1 Å². The number of furan rings is 1. The lowest BCUT2D eigenvalue weighted by Gasteiger charge is -1.96. The highest BCUT2D eigenvalue weighted by molar-refractivity contribution is 7.13. The van der Waals surface area contributed by atoms with Crippen LogP contribution in [0.5, 0.6) is 0 Å². The molecule has 0 amide bonds. The zero-order valence-electron chi connectivity index (χ0n) is 8.51. The van der Waals surface area contributed by atoms with E-state index in [2.05, 4.69) is 5.16 Å². The van der Waals surface area contributed by atoms with Gasteiger partial charge >= 0.3 is 0 Å². The van der Waals surface area contributed by atoms with Gasteiger partial charge in [-0.2, -0.15) is 0 Å². The fourth-order valence-corrected chi connectivity index (χ4v) is 2.59. The van der Waals surface area contributed by atoms with Crippen LogP contribution in [0, 0.1) is 0 Å². The summed E-state index contributed by atoms with van der Waals surface area (Å²) in [6, 6.07) is 5.62. The van der Waals surface area contributed by atoms with E-state index in [4.69, 9.17) is 26.3 Å². The molecule has 6 heteroatoms. The van der Waals surface area contributed by atoms with E-state index in [1.54, 1.807) is 17.4 Å². The van der Waals surface area contributed by atoms with Gasteiger partial charge < -0.3 is 14.7 Å². The molecule has 0 fully saturated rings. The topological polar surface area (TPSA) is 65.2 Å². The van der Waals surface area contributed by atoms with Gasteiger partial charge in [-0.15, -0.1) is 11.3 Å². The number of thiophene rings is 1. The Morgan fingerprint density at radius 2 is 2.24 bits per heavy atom. The first-order valence-electron chi connectivity index (χ1n) is 4.79. The van der Waals surface area contributed by atoms with Gasteiger partial charge in [0.2, 0.25) is 11.1 Å². The maximum Gasteiger partial charge on any atom is 0.231 e. The van der Waals surface area contributed by atoms with E-state index in [9.17, 15) is 0 Å². The number of nitrogens with zero attached hydrogens (tertiary/aromatic N) is 1. The van der Waals surface area contributed by atoms with Gasteiger partial charge in [0, 0.05) is 4.88 Å². The van der Waals surface area contributed by atoms with Gasteiger partial charge in [-0.25, -0.2) is 0 Å². The normalized spacial score (nSPS) is 10.9. The van der Waals surface area contributed by atoms with Crippen LogP contribution in [0.15, 0.2) is 38.8 Å². The first kappa shape index (κ1) is 10.4. The maximum absolute atomic E-state index is 5.93. The van der Waals surface area contributed by atoms with E-state index < -0.39 is 0 Å². The lowest BCUT2D eigenvalue weighted by Crippen LogP contribution is -1.84. The van der Waals surface area contributed by atoms with Crippen molar-refractivity contribution in [2.75, 3.05) is 5.73 Å². The van der Waals surface area contributed by atoms with Gasteiger partial charge in [0.15, 0.2) is 0 Å². The molecule has 3 aromatic heterocycles. The number of aromatic nitrogens is 1. The van der Waals surface area contributed by atoms with E-state index >= 15 is 0 Å². The van der Waals surface area contributed by atoms with Crippen LogP contribution in [-0.2, 0) is 0 Å². The lowest BCUT2D eigenvalue weighted by molar-refractivity contribution is 0.439. The predicted molar refractivity (Wildman–Crippen MR) is 66.9 cm³/mol. The molecule has 4 nitrogen and oxygen atoms in total. The smallest absolute Gasteiger partial charge is 0.231 e. The summed E-state index contributed by atoms with van der Waals surface area (Å²) in [6.07, 6.45) is 1.50. The molecule has 3 aromatic rings. The van der Waals surface area contributed by atoms with Gasteiger partial charge in [0.1, 0.15) is 5.69 Å². The van der Waals surface area contributed by atoms with Crippen molar-refractivity contribution in [1.29, 1.82) is 0 Å². The van der Waals surface area contributed by atoms with Gasteiger partial charge in [0.25, 0.3) is 0 Å². The highest BCUT2D eigenvalue weighted by Gasteiger charge is 2.21. The van der Waals surface area contributed by atoms with Crippen molar-refractivity contribution in [3.63, 3.8) is 0 Å². The SMILES string of the molecule is Nc1onc(-c2ccoc2Cl)c1-c1cccs1. The average Bonchev–Trinajstić information content (AvgIpc) is 2.98. The maximum atomic E-state index is 5.93. The summed E-state index contributed by atoms with van der Waals surface area (Å²) in [5.41, 5.74) is 7.82. The summed E-state index contributed by atoms with van der Waals surface area (Å²) < 4.78 is 10.1. The van der Waals surface area contributed by atoms with Crippen molar-refractivity contribution in [2.24, 2.45) is 0 Å².